The number of amides is 4. The standard InChI is InChI=1S/C68H93N5O15Si/c1-44(2)57(73(12)61(75)59(46(5)6)86-63(77)54(72(11)67(81)88-68(7,8)9)39-47-32-34-51(35-33-47)83-42-48-25-18-16-19-26-48)65(79)87-58(45(3)4)60(74)71(10)55(40-50-41-70-53-30-23-22-29-52(50)53)62(76)85-56(64(78)82-37-38-89(13,14)15)31-24-36-69-66(80)84-43-49-27-20-17-21-28-49/h16-23,25-30,32-35,41,44-46,54-59,70H,24,31,36-40,42-43H2,1-15H3,(H,69,80)/t54-,55+,56-,57-,58-,59-/m0/s1. The summed E-state index contributed by atoms with van der Waals surface area (Å²) in [7, 11) is 2.52. The van der Waals surface area contributed by atoms with Crippen LogP contribution < -0.4 is 10.1 Å². The number of aromatic nitrogens is 1. The van der Waals surface area contributed by atoms with Crippen molar-refractivity contribution in [1.82, 2.24) is 25.0 Å². The number of nitrogens with one attached hydrogen (secondary N) is 2. The molecule has 4 aromatic carbocycles. The third-order valence-corrected chi connectivity index (χ3v) is 16.5. The number of likely N-dealkylation sites (N-methyl/N-ethyl adjacent to an activating group) is 3. The number of hydrogen-bond acceptors (Lipinski definition) is 15. The van der Waals surface area contributed by atoms with Crippen LogP contribution in [0.1, 0.15) is 97.4 Å². The van der Waals surface area contributed by atoms with Gasteiger partial charge in [-0.3, -0.25) is 14.5 Å². The number of ether oxygens (including phenoxy) is 7. The Kier molecular flexibility index (Phi) is 26.9. The molecule has 0 radical (unpaired) electrons. The van der Waals surface area contributed by atoms with Gasteiger partial charge in [0.1, 0.15) is 42.7 Å². The molecule has 4 amide bonds. The van der Waals surface area contributed by atoms with Crippen LogP contribution in [0.5, 0.6) is 5.75 Å². The molecule has 1 heterocycles. The molecule has 5 aromatic rings. The molecule has 20 nitrogen and oxygen atoms in total. The maximum absolute atomic E-state index is 15.0. The van der Waals surface area contributed by atoms with Crippen LogP contribution in [0.15, 0.2) is 115 Å². The van der Waals surface area contributed by atoms with Crippen molar-refractivity contribution in [2.75, 3.05) is 34.3 Å². The van der Waals surface area contributed by atoms with E-state index in [0.717, 1.165) is 36.7 Å². The summed E-state index contributed by atoms with van der Waals surface area (Å²) in [6, 6.07) is 30.0. The molecule has 0 aliphatic heterocycles. The van der Waals surface area contributed by atoms with Crippen molar-refractivity contribution in [2.24, 2.45) is 17.8 Å². The van der Waals surface area contributed by atoms with E-state index in [4.69, 9.17) is 33.2 Å². The largest absolute Gasteiger partial charge is 0.489 e. The Balaban J connectivity index is 1.37. The van der Waals surface area contributed by atoms with Crippen LogP contribution in [0.4, 0.5) is 9.59 Å². The zero-order valence-corrected chi connectivity index (χ0v) is 55.5. The highest BCUT2D eigenvalue weighted by atomic mass is 28.3. The monoisotopic (exact) mass is 1250 g/mol. The number of alkyl carbamates (subject to hydrolysis) is 1. The SMILES string of the molecule is CC(C)[C@H](OC(=O)[C@H](C(C)C)N(C)C(=O)[C@@H](OC(=O)[C@H](Cc1ccc(OCc2ccccc2)cc1)N(C)C(=O)OC(C)(C)C)C(C)C)C(=O)N(C)[C@H](Cc1c[nH]c2ccccc12)C(=O)O[C@@H](CCCNC(=O)OCc1ccccc1)C(=O)OCC[Si](C)(C)C. The minimum absolute atomic E-state index is 0.0258. The fourth-order valence-electron chi connectivity index (χ4n) is 9.57. The van der Waals surface area contributed by atoms with E-state index in [9.17, 15) is 33.6 Å². The van der Waals surface area contributed by atoms with Crippen molar-refractivity contribution in [3.8, 4) is 5.75 Å². The molecule has 0 fully saturated rings. The average molecular weight is 1250 g/mol. The van der Waals surface area contributed by atoms with Crippen LogP contribution in [0.3, 0.4) is 0 Å². The van der Waals surface area contributed by atoms with Crippen LogP contribution in [0, 0.1) is 17.8 Å². The Bertz CT molecular complexity index is 3120. The summed E-state index contributed by atoms with van der Waals surface area (Å²) in [5, 5.41) is 3.44. The minimum Gasteiger partial charge on any atom is -0.489 e. The molecule has 6 atom stereocenters. The Morgan fingerprint density at radius 3 is 1.69 bits per heavy atom. The van der Waals surface area contributed by atoms with Crippen molar-refractivity contribution >= 4 is 66.9 Å². The molecular formula is C68H93N5O15Si. The van der Waals surface area contributed by atoms with Gasteiger partial charge in [0.25, 0.3) is 11.8 Å². The van der Waals surface area contributed by atoms with Gasteiger partial charge >= 0.3 is 36.1 Å². The lowest BCUT2D eigenvalue weighted by Crippen LogP contribution is -2.55. The number of carbonyl (C=O) groups is 8. The summed E-state index contributed by atoms with van der Waals surface area (Å²) in [4.78, 5) is 121. The third-order valence-electron chi connectivity index (χ3n) is 14.8. The summed E-state index contributed by atoms with van der Waals surface area (Å²) >= 11 is 0. The number of rotatable bonds is 31. The van der Waals surface area contributed by atoms with Crippen molar-refractivity contribution in [3.05, 3.63) is 138 Å². The van der Waals surface area contributed by atoms with Gasteiger partial charge in [-0.2, -0.15) is 0 Å². The summed E-state index contributed by atoms with van der Waals surface area (Å²) in [6.45, 7) is 22.1. The molecule has 0 spiro atoms. The smallest absolute Gasteiger partial charge is 0.410 e. The lowest BCUT2D eigenvalue weighted by molar-refractivity contribution is -0.178. The van der Waals surface area contributed by atoms with Gasteiger partial charge in [-0.1, -0.05) is 152 Å². The topological polar surface area (TPSA) is 239 Å². The van der Waals surface area contributed by atoms with Crippen molar-refractivity contribution < 1.29 is 71.5 Å². The number of carbonyl (C=O) groups excluding carboxylic acids is 8. The molecule has 1 aromatic heterocycles. The zero-order chi connectivity index (χ0) is 65.8. The van der Waals surface area contributed by atoms with Gasteiger partial charge in [0.2, 0.25) is 0 Å². The first kappa shape index (κ1) is 71.5. The highest BCUT2D eigenvalue weighted by Gasteiger charge is 2.43. The van der Waals surface area contributed by atoms with E-state index >= 15 is 4.79 Å². The van der Waals surface area contributed by atoms with Crippen molar-refractivity contribution in [3.63, 3.8) is 0 Å². The number of hydrogen-bond donors (Lipinski definition) is 2. The van der Waals surface area contributed by atoms with Gasteiger partial charge in [-0.05, 0) is 97.9 Å². The van der Waals surface area contributed by atoms with Crippen LogP contribution in [-0.4, -0.2) is 152 Å². The predicted molar refractivity (Wildman–Crippen MR) is 341 cm³/mol. The number of aromatic amines is 1. The summed E-state index contributed by atoms with van der Waals surface area (Å²) < 4.78 is 41.0. The quantitative estimate of drug-likeness (QED) is 0.0182. The van der Waals surface area contributed by atoms with Crippen LogP contribution >= 0.6 is 0 Å². The van der Waals surface area contributed by atoms with Gasteiger partial charge in [-0.25, -0.2) is 28.8 Å². The molecule has 0 unspecified atom stereocenters. The molecule has 21 heteroatoms. The fraction of sp³-hybridized carbons (Fsp3) is 0.500. The number of nitrogens with zero attached hydrogens (tertiary/aromatic N) is 3. The molecule has 0 saturated heterocycles. The second-order valence-electron chi connectivity index (χ2n) is 25.6. The lowest BCUT2D eigenvalue weighted by atomic mass is 9.99. The number of benzene rings is 4. The van der Waals surface area contributed by atoms with Gasteiger partial charge in [0.05, 0.1) is 6.61 Å². The molecule has 484 valence electrons. The summed E-state index contributed by atoms with van der Waals surface area (Å²) in [5.74, 6) is -6.46. The average Bonchev–Trinajstić information content (AvgIpc) is 3.15. The normalized spacial score (nSPS) is 13.7. The Morgan fingerprint density at radius 1 is 0.573 bits per heavy atom. The first-order valence-electron chi connectivity index (χ1n) is 30.5. The fourth-order valence-corrected chi connectivity index (χ4v) is 10.3. The number of para-hydroxylation sites is 1. The molecule has 2 N–H and O–H groups in total. The van der Waals surface area contributed by atoms with Gasteiger partial charge in [0, 0.05) is 65.7 Å². The second-order valence-corrected chi connectivity index (χ2v) is 31.3. The van der Waals surface area contributed by atoms with Gasteiger partial charge < -0.3 is 53.3 Å². The predicted octanol–water partition coefficient (Wildman–Crippen LogP) is 10.7. The van der Waals surface area contributed by atoms with E-state index in [-0.39, 0.29) is 45.4 Å². The molecular weight excluding hydrogens is 1150 g/mol. The van der Waals surface area contributed by atoms with Gasteiger partial charge in [-0.15, -0.1) is 0 Å². The molecule has 89 heavy (non-hydrogen) atoms. The number of H-pyrrole nitrogens is 1. The third kappa shape index (κ3) is 22.4. The molecule has 0 aliphatic carbocycles. The number of fused-ring (bicyclic) bond motifs is 1. The van der Waals surface area contributed by atoms with E-state index in [2.05, 4.69) is 29.9 Å². The molecule has 0 bridgehead atoms. The van der Waals surface area contributed by atoms with E-state index in [0.29, 0.717) is 29.5 Å². The van der Waals surface area contributed by atoms with E-state index in [1.165, 1.54) is 21.1 Å². The highest BCUT2D eigenvalue weighted by Crippen LogP contribution is 2.27. The van der Waals surface area contributed by atoms with Crippen LogP contribution in [0.2, 0.25) is 25.7 Å². The van der Waals surface area contributed by atoms with Crippen molar-refractivity contribution in [1.29, 1.82) is 0 Å². The van der Waals surface area contributed by atoms with E-state index in [1.54, 1.807) is 92.8 Å². The second kappa shape index (κ2) is 33.4. The Morgan fingerprint density at radius 2 is 1.11 bits per heavy atom. The molecule has 0 aliphatic rings. The highest BCUT2D eigenvalue weighted by molar-refractivity contribution is 6.76. The maximum Gasteiger partial charge on any atom is 0.410 e. The zero-order valence-electron chi connectivity index (χ0n) is 54.5. The minimum atomic E-state index is -1.67. The van der Waals surface area contributed by atoms with E-state index < -0.39 is 116 Å². The molecule has 5 rings (SSSR count). The molecule has 0 saturated carbocycles. The number of esters is 4. The Hall–Kier alpha value is -8.20. The van der Waals surface area contributed by atoms with Crippen molar-refractivity contribution in [2.45, 2.75) is 169 Å². The summed E-state index contributed by atoms with van der Waals surface area (Å²) in [5.41, 5.74) is 2.94. The summed E-state index contributed by atoms with van der Waals surface area (Å²) in [6.07, 6.45) is -4.16. The van der Waals surface area contributed by atoms with E-state index in [1.807, 2.05) is 84.9 Å². The van der Waals surface area contributed by atoms with Crippen LogP contribution in [0.25, 0.3) is 10.9 Å². The van der Waals surface area contributed by atoms with Crippen LogP contribution in [-0.2, 0) is 83.2 Å². The van der Waals surface area contributed by atoms with Gasteiger partial charge in [0.15, 0.2) is 18.3 Å². The maximum atomic E-state index is 15.0. The first-order chi connectivity index (χ1) is 41.9. The first-order valence-corrected chi connectivity index (χ1v) is 34.2. The lowest BCUT2D eigenvalue weighted by Gasteiger charge is -2.36. The Labute approximate surface area is 525 Å².